The van der Waals surface area contributed by atoms with Crippen LogP contribution in [-0.4, -0.2) is 7.11 Å². The fraction of sp³-hybridized carbons (Fsp3) is 0.636. The van der Waals surface area contributed by atoms with E-state index in [1.54, 1.807) is 7.11 Å². The number of rotatable bonds is 1. The number of methoxy groups -OCH3 is 1. The third kappa shape index (κ3) is 6.71. The molecule has 0 saturated carbocycles. The van der Waals surface area contributed by atoms with Crippen molar-refractivity contribution in [2.75, 3.05) is 7.11 Å². The Bertz CT molecular complexity index is 159. The first kappa shape index (κ1) is 15.1. The van der Waals surface area contributed by atoms with Crippen LogP contribution in [0.5, 0.6) is 0 Å². The van der Waals surface area contributed by atoms with E-state index in [1.165, 1.54) is 0 Å². The van der Waals surface area contributed by atoms with Crippen molar-refractivity contribution in [3.05, 3.63) is 22.9 Å². The van der Waals surface area contributed by atoms with Crippen LogP contribution in [0, 0.1) is 0 Å². The molecule has 78 valence electrons. The second kappa shape index (κ2) is 11.6. The monoisotopic (exact) mass is 204 g/mol. The first-order valence-corrected chi connectivity index (χ1v) is 5.32. The number of hydrogen-bond donors (Lipinski definition) is 0. The van der Waals surface area contributed by atoms with Crippen molar-refractivity contribution in [2.24, 2.45) is 0 Å². The van der Waals surface area contributed by atoms with Crippen molar-refractivity contribution < 1.29 is 4.74 Å². The summed E-state index contributed by atoms with van der Waals surface area (Å²) < 4.78 is 4.96. The van der Waals surface area contributed by atoms with Gasteiger partial charge in [-0.15, -0.1) is 0 Å². The molecule has 0 aromatic rings. The molecule has 1 aliphatic rings. The van der Waals surface area contributed by atoms with E-state index < -0.39 is 0 Å². The van der Waals surface area contributed by atoms with Gasteiger partial charge in [0.1, 0.15) is 5.76 Å². The van der Waals surface area contributed by atoms with E-state index in [4.69, 9.17) is 16.3 Å². The molecule has 0 fully saturated rings. The van der Waals surface area contributed by atoms with Gasteiger partial charge >= 0.3 is 0 Å². The third-order valence-electron chi connectivity index (χ3n) is 1.28. The van der Waals surface area contributed by atoms with E-state index in [0.717, 1.165) is 23.6 Å². The van der Waals surface area contributed by atoms with E-state index in [1.807, 2.05) is 39.8 Å². The van der Waals surface area contributed by atoms with Crippen LogP contribution >= 0.6 is 11.6 Å². The van der Waals surface area contributed by atoms with Gasteiger partial charge in [0, 0.05) is 0 Å². The average molecular weight is 205 g/mol. The van der Waals surface area contributed by atoms with Crippen molar-refractivity contribution in [1.29, 1.82) is 0 Å². The smallest absolute Gasteiger partial charge is 0.133 e. The lowest BCUT2D eigenvalue weighted by atomic mass is 10.2. The Kier molecular flexibility index (Phi) is 13.4. The zero-order chi connectivity index (χ0) is 10.7. The molecule has 1 rings (SSSR count). The first-order valence-electron chi connectivity index (χ1n) is 4.95. The maximum atomic E-state index is 5.75. The van der Waals surface area contributed by atoms with E-state index in [2.05, 4.69) is 0 Å². The van der Waals surface area contributed by atoms with Crippen LogP contribution in [0.2, 0.25) is 0 Å². The number of halogens is 1. The molecule has 1 aliphatic carbocycles. The van der Waals surface area contributed by atoms with Gasteiger partial charge in [0.05, 0.1) is 12.1 Å². The summed E-state index contributed by atoms with van der Waals surface area (Å²) in [6, 6.07) is 0. The quantitative estimate of drug-likeness (QED) is 0.612. The van der Waals surface area contributed by atoms with Crippen molar-refractivity contribution in [3.63, 3.8) is 0 Å². The highest BCUT2D eigenvalue weighted by Gasteiger charge is 2.04. The van der Waals surface area contributed by atoms with Crippen LogP contribution in [0.25, 0.3) is 0 Å². The minimum Gasteiger partial charge on any atom is -0.496 e. The largest absolute Gasteiger partial charge is 0.496 e. The Hall–Kier alpha value is -0.430. The molecule has 0 unspecified atom stereocenters. The van der Waals surface area contributed by atoms with Crippen molar-refractivity contribution in [3.8, 4) is 0 Å². The molecule has 0 atom stereocenters. The summed E-state index contributed by atoms with van der Waals surface area (Å²) in [5.41, 5.74) is 0. The highest BCUT2D eigenvalue weighted by atomic mass is 35.5. The molecule has 0 spiro atoms. The molecule has 13 heavy (non-hydrogen) atoms. The van der Waals surface area contributed by atoms with E-state index in [9.17, 15) is 0 Å². The number of ether oxygens (including phenoxy) is 1. The molecule has 2 heteroatoms. The predicted molar refractivity (Wildman–Crippen MR) is 61.0 cm³/mol. The zero-order valence-electron chi connectivity index (χ0n) is 9.36. The molecule has 0 saturated heterocycles. The summed E-state index contributed by atoms with van der Waals surface area (Å²) in [5.74, 6) is 0.808. The van der Waals surface area contributed by atoms with Gasteiger partial charge < -0.3 is 4.74 Å². The normalized spacial score (nSPS) is 13.7. The van der Waals surface area contributed by atoms with Gasteiger partial charge in [-0.05, 0) is 18.9 Å². The molecule has 0 N–H and O–H groups in total. The minimum atomic E-state index is 0.740. The maximum absolute atomic E-state index is 5.75. The molecule has 0 radical (unpaired) electrons. The van der Waals surface area contributed by atoms with Crippen molar-refractivity contribution >= 4 is 11.6 Å². The third-order valence-corrected chi connectivity index (χ3v) is 1.62. The number of allylic oxidation sites excluding steroid dienone is 3. The summed E-state index contributed by atoms with van der Waals surface area (Å²) in [6.07, 6.45) is 6.05. The summed E-state index contributed by atoms with van der Waals surface area (Å²) in [7, 11) is 1.63. The van der Waals surface area contributed by atoms with Crippen molar-refractivity contribution in [1.82, 2.24) is 0 Å². The molecule has 0 aromatic heterocycles. The molecule has 0 heterocycles. The van der Waals surface area contributed by atoms with Crippen LogP contribution in [0.15, 0.2) is 22.9 Å². The topological polar surface area (TPSA) is 9.23 Å². The van der Waals surface area contributed by atoms with Gasteiger partial charge in [-0.3, -0.25) is 0 Å². The van der Waals surface area contributed by atoms with Crippen molar-refractivity contribution in [2.45, 2.75) is 40.5 Å². The van der Waals surface area contributed by atoms with Gasteiger partial charge in [-0.2, -0.15) is 0 Å². The Morgan fingerprint density at radius 1 is 1.08 bits per heavy atom. The number of hydrogen-bond acceptors (Lipinski definition) is 1. The second-order valence-electron chi connectivity index (χ2n) is 1.90. The molecular formula is C11H21ClO. The van der Waals surface area contributed by atoms with Gasteiger partial charge in [0.15, 0.2) is 0 Å². The highest BCUT2D eigenvalue weighted by Crippen LogP contribution is 2.21. The van der Waals surface area contributed by atoms with E-state index in [-0.39, 0.29) is 0 Å². The van der Waals surface area contributed by atoms with Crippen LogP contribution < -0.4 is 0 Å². The second-order valence-corrected chi connectivity index (χ2v) is 2.31. The summed E-state index contributed by atoms with van der Waals surface area (Å²) in [6.45, 7) is 8.00. The summed E-state index contributed by atoms with van der Waals surface area (Å²) in [5, 5.41) is 0.740. The Morgan fingerprint density at radius 3 is 1.85 bits per heavy atom. The lowest BCUT2D eigenvalue weighted by molar-refractivity contribution is 0.301. The molecular weight excluding hydrogens is 184 g/mol. The van der Waals surface area contributed by atoms with Gasteiger partial charge in [0.2, 0.25) is 0 Å². The average Bonchev–Trinajstić information content (AvgIpc) is 2.24. The zero-order valence-corrected chi connectivity index (χ0v) is 10.1. The lowest BCUT2D eigenvalue weighted by Gasteiger charge is -2.07. The molecule has 1 nitrogen and oxygen atoms in total. The Labute approximate surface area is 87.4 Å². The molecule has 0 bridgehead atoms. The fourth-order valence-corrected chi connectivity index (χ4v) is 1.07. The van der Waals surface area contributed by atoms with E-state index in [0.29, 0.717) is 0 Å². The van der Waals surface area contributed by atoms with Gasteiger partial charge in [-0.25, -0.2) is 0 Å². The SMILES string of the molecule is CC.CC.COC1=CCCC=C1Cl. The maximum Gasteiger partial charge on any atom is 0.133 e. The molecule has 0 amide bonds. The highest BCUT2D eigenvalue weighted by molar-refractivity contribution is 6.31. The van der Waals surface area contributed by atoms with Crippen LogP contribution in [0.4, 0.5) is 0 Å². The standard InChI is InChI=1S/C7H9ClO.2C2H6/c1-9-7-5-3-2-4-6(7)8;2*1-2/h4-5H,2-3H2,1H3;2*1-2H3. The Morgan fingerprint density at radius 2 is 1.54 bits per heavy atom. The molecule has 0 aromatic carbocycles. The van der Waals surface area contributed by atoms with Crippen LogP contribution in [0.3, 0.4) is 0 Å². The summed E-state index contributed by atoms with van der Waals surface area (Å²) in [4.78, 5) is 0. The summed E-state index contributed by atoms with van der Waals surface area (Å²) >= 11 is 5.75. The van der Waals surface area contributed by atoms with Gasteiger partial charge in [0.25, 0.3) is 0 Å². The predicted octanol–water partition coefficient (Wildman–Crippen LogP) is 4.49. The Balaban J connectivity index is 0. The van der Waals surface area contributed by atoms with E-state index >= 15 is 0 Å². The first-order chi connectivity index (χ1) is 6.34. The van der Waals surface area contributed by atoms with Crippen LogP contribution in [-0.2, 0) is 4.74 Å². The minimum absolute atomic E-state index is 0.740. The van der Waals surface area contributed by atoms with Gasteiger partial charge in [-0.1, -0.05) is 45.4 Å². The fourth-order valence-electron chi connectivity index (χ4n) is 0.803. The van der Waals surface area contributed by atoms with Crippen LogP contribution in [0.1, 0.15) is 40.5 Å². The molecule has 0 aliphatic heterocycles. The lowest BCUT2D eigenvalue weighted by Crippen LogP contribution is -1.91.